The van der Waals surface area contributed by atoms with E-state index in [1.807, 2.05) is 13.8 Å². The van der Waals surface area contributed by atoms with Crippen LogP contribution in [-0.4, -0.2) is 25.2 Å². The van der Waals surface area contributed by atoms with Crippen LogP contribution in [0.2, 0.25) is 0 Å². The summed E-state index contributed by atoms with van der Waals surface area (Å²) in [7, 11) is 0. The maximum atomic E-state index is 11.6. The molecule has 0 saturated heterocycles. The minimum absolute atomic E-state index is 0.0965. The van der Waals surface area contributed by atoms with Gasteiger partial charge in [0.15, 0.2) is 0 Å². The van der Waals surface area contributed by atoms with E-state index in [-0.39, 0.29) is 12.0 Å². The molecule has 1 N–H and O–H groups in total. The van der Waals surface area contributed by atoms with Crippen LogP contribution < -0.4 is 5.32 Å². The van der Waals surface area contributed by atoms with Crippen LogP contribution in [0.15, 0.2) is 0 Å². The molecule has 3 heteroatoms. The highest BCUT2D eigenvalue weighted by Crippen LogP contribution is 2.22. The number of rotatable bonds is 6. The van der Waals surface area contributed by atoms with Crippen LogP contribution in [-0.2, 0) is 9.53 Å². The number of esters is 1. The summed E-state index contributed by atoms with van der Waals surface area (Å²) in [5.41, 5.74) is 0. The lowest BCUT2D eigenvalue weighted by Crippen LogP contribution is -2.40. The fourth-order valence-corrected chi connectivity index (χ4v) is 2.34. The summed E-state index contributed by atoms with van der Waals surface area (Å²) in [4.78, 5) is 11.6. The Morgan fingerprint density at radius 3 is 2.56 bits per heavy atom. The Labute approximate surface area is 98.9 Å². The average Bonchev–Trinajstić information content (AvgIpc) is 2.31. The Morgan fingerprint density at radius 2 is 2.00 bits per heavy atom. The Balaban J connectivity index is 2.24. The van der Waals surface area contributed by atoms with E-state index in [0.717, 1.165) is 18.9 Å². The summed E-state index contributed by atoms with van der Waals surface area (Å²) in [5, 5.41) is 3.35. The molecule has 0 bridgehead atoms. The molecule has 1 rings (SSSR count). The van der Waals surface area contributed by atoms with Crippen LogP contribution in [0.1, 0.15) is 52.4 Å². The predicted molar refractivity (Wildman–Crippen MR) is 65.3 cm³/mol. The number of nitrogens with one attached hydrogen (secondary N) is 1. The van der Waals surface area contributed by atoms with Gasteiger partial charge in [-0.05, 0) is 38.6 Å². The van der Waals surface area contributed by atoms with Crippen LogP contribution in [0.4, 0.5) is 0 Å². The van der Waals surface area contributed by atoms with Gasteiger partial charge in [0.25, 0.3) is 0 Å². The zero-order valence-corrected chi connectivity index (χ0v) is 10.6. The second-order valence-corrected chi connectivity index (χ2v) is 4.63. The van der Waals surface area contributed by atoms with Crippen molar-refractivity contribution in [3.05, 3.63) is 0 Å². The minimum atomic E-state index is -0.109. The molecule has 1 aliphatic carbocycles. The summed E-state index contributed by atoms with van der Waals surface area (Å²) in [6.07, 6.45) is 7.51. The Kier molecular flexibility index (Phi) is 6.46. The second kappa shape index (κ2) is 7.66. The van der Waals surface area contributed by atoms with E-state index in [2.05, 4.69) is 5.32 Å². The van der Waals surface area contributed by atoms with E-state index >= 15 is 0 Å². The lowest BCUT2D eigenvalue weighted by molar-refractivity contribution is -0.145. The normalized spacial score (nSPS) is 19.4. The highest BCUT2D eigenvalue weighted by Gasteiger charge is 2.19. The molecule has 1 atom stereocenters. The van der Waals surface area contributed by atoms with E-state index in [9.17, 15) is 4.79 Å². The predicted octanol–water partition coefficient (Wildman–Crippen LogP) is 2.50. The van der Waals surface area contributed by atoms with Crippen molar-refractivity contribution in [3.8, 4) is 0 Å². The monoisotopic (exact) mass is 227 g/mol. The second-order valence-electron chi connectivity index (χ2n) is 4.63. The zero-order chi connectivity index (χ0) is 11.8. The minimum Gasteiger partial charge on any atom is -0.465 e. The first kappa shape index (κ1) is 13.5. The molecule has 3 nitrogen and oxygen atoms in total. The van der Waals surface area contributed by atoms with Crippen molar-refractivity contribution < 1.29 is 9.53 Å². The summed E-state index contributed by atoms with van der Waals surface area (Å²) in [6.45, 7) is 5.32. The molecule has 94 valence electrons. The van der Waals surface area contributed by atoms with Crippen LogP contribution in [0.3, 0.4) is 0 Å². The molecule has 0 spiro atoms. The molecule has 0 amide bonds. The molecule has 0 radical (unpaired) electrons. The third-order valence-corrected chi connectivity index (χ3v) is 3.36. The van der Waals surface area contributed by atoms with Gasteiger partial charge in [0.05, 0.1) is 6.61 Å². The van der Waals surface area contributed by atoms with E-state index in [0.29, 0.717) is 6.61 Å². The Morgan fingerprint density at radius 1 is 1.31 bits per heavy atom. The van der Waals surface area contributed by atoms with Crippen molar-refractivity contribution in [2.45, 2.75) is 58.4 Å². The molecule has 0 heterocycles. The standard InChI is InChI=1S/C13H25NO2/c1-3-12(13(15)16-4-2)14-10-11-8-6-5-7-9-11/h11-12,14H,3-10H2,1-2H3. The van der Waals surface area contributed by atoms with E-state index in [1.54, 1.807) is 0 Å². The summed E-state index contributed by atoms with van der Waals surface area (Å²) < 4.78 is 5.03. The molecule has 1 unspecified atom stereocenters. The molecule has 1 fully saturated rings. The largest absolute Gasteiger partial charge is 0.465 e. The maximum absolute atomic E-state index is 11.6. The highest BCUT2D eigenvalue weighted by molar-refractivity contribution is 5.75. The smallest absolute Gasteiger partial charge is 0.323 e. The van der Waals surface area contributed by atoms with Gasteiger partial charge < -0.3 is 10.1 Å². The number of carbonyl (C=O) groups is 1. The van der Waals surface area contributed by atoms with Gasteiger partial charge in [-0.1, -0.05) is 26.2 Å². The topological polar surface area (TPSA) is 38.3 Å². The first-order chi connectivity index (χ1) is 7.77. The summed E-state index contributed by atoms with van der Waals surface area (Å²) in [5.74, 6) is 0.665. The molecule has 0 aromatic carbocycles. The third kappa shape index (κ3) is 4.52. The number of carbonyl (C=O) groups excluding carboxylic acids is 1. The first-order valence-corrected chi connectivity index (χ1v) is 6.68. The third-order valence-electron chi connectivity index (χ3n) is 3.36. The molecular formula is C13H25NO2. The fourth-order valence-electron chi connectivity index (χ4n) is 2.34. The Bertz CT molecular complexity index is 200. The number of hydrogen-bond acceptors (Lipinski definition) is 3. The van der Waals surface area contributed by atoms with Gasteiger partial charge in [0, 0.05) is 0 Å². The SMILES string of the molecule is CCOC(=O)C(CC)NCC1CCCCC1. The lowest BCUT2D eigenvalue weighted by atomic mass is 9.89. The summed E-state index contributed by atoms with van der Waals surface area (Å²) >= 11 is 0. The van der Waals surface area contributed by atoms with Gasteiger partial charge >= 0.3 is 5.97 Å². The van der Waals surface area contributed by atoms with Crippen molar-refractivity contribution in [1.29, 1.82) is 0 Å². The average molecular weight is 227 g/mol. The first-order valence-electron chi connectivity index (χ1n) is 6.68. The van der Waals surface area contributed by atoms with Crippen molar-refractivity contribution in [3.63, 3.8) is 0 Å². The molecule has 0 aromatic heterocycles. The summed E-state index contributed by atoms with van der Waals surface area (Å²) in [6, 6.07) is -0.109. The molecule has 0 aliphatic heterocycles. The van der Waals surface area contributed by atoms with Gasteiger partial charge in [0.1, 0.15) is 6.04 Å². The molecule has 0 aromatic rings. The highest BCUT2D eigenvalue weighted by atomic mass is 16.5. The van der Waals surface area contributed by atoms with E-state index in [4.69, 9.17) is 4.74 Å². The van der Waals surface area contributed by atoms with Gasteiger partial charge in [0.2, 0.25) is 0 Å². The fraction of sp³-hybridized carbons (Fsp3) is 0.923. The van der Waals surface area contributed by atoms with E-state index in [1.165, 1.54) is 32.1 Å². The van der Waals surface area contributed by atoms with Crippen LogP contribution in [0.25, 0.3) is 0 Å². The van der Waals surface area contributed by atoms with Crippen molar-refractivity contribution in [2.24, 2.45) is 5.92 Å². The van der Waals surface area contributed by atoms with Crippen molar-refractivity contribution in [2.75, 3.05) is 13.2 Å². The van der Waals surface area contributed by atoms with Gasteiger partial charge in [-0.15, -0.1) is 0 Å². The molecule has 1 aliphatic rings. The van der Waals surface area contributed by atoms with Crippen LogP contribution in [0.5, 0.6) is 0 Å². The van der Waals surface area contributed by atoms with Gasteiger partial charge in [-0.25, -0.2) is 0 Å². The van der Waals surface area contributed by atoms with Gasteiger partial charge in [-0.3, -0.25) is 4.79 Å². The van der Waals surface area contributed by atoms with Crippen molar-refractivity contribution >= 4 is 5.97 Å². The quantitative estimate of drug-likeness (QED) is 0.709. The maximum Gasteiger partial charge on any atom is 0.323 e. The zero-order valence-electron chi connectivity index (χ0n) is 10.6. The number of hydrogen-bond donors (Lipinski definition) is 1. The van der Waals surface area contributed by atoms with Crippen LogP contribution in [0, 0.1) is 5.92 Å². The van der Waals surface area contributed by atoms with Crippen LogP contribution >= 0.6 is 0 Å². The number of ether oxygens (including phenoxy) is 1. The lowest BCUT2D eigenvalue weighted by Gasteiger charge is -2.24. The van der Waals surface area contributed by atoms with E-state index < -0.39 is 0 Å². The molecule has 16 heavy (non-hydrogen) atoms. The van der Waals surface area contributed by atoms with Crippen molar-refractivity contribution in [1.82, 2.24) is 5.32 Å². The van der Waals surface area contributed by atoms with Gasteiger partial charge in [-0.2, -0.15) is 0 Å². The Hall–Kier alpha value is -0.570. The molecular weight excluding hydrogens is 202 g/mol. The molecule has 1 saturated carbocycles.